The zero-order valence-corrected chi connectivity index (χ0v) is 16.5. The van der Waals surface area contributed by atoms with Gasteiger partial charge in [-0.05, 0) is 49.6 Å². The number of pyridine rings is 2. The van der Waals surface area contributed by atoms with E-state index in [2.05, 4.69) is 19.6 Å². The molecule has 0 unspecified atom stereocenters. The van der Waals surface area contributed by atoms with Crippen LogP contribution in [-0.2, 0) is 16.6 Å². The molecule has 1 aliphatic heterocycles. The number of sulfonamides is 1. The highest BCUT2D eigenvalue weighted by Gasteiger charge is 2.24. The molecule has 6 nitrogen and oxygen atoms in total. The number of likely N-dealkylation sites (tertiary alicyclic amines) is 1. The predicted octanol–water partition coefficient (Wildman–Crippen LogP) is 2.82. The number of para-hydroxylation sites is 1. The summed E-state index contributed by atoms with van der Waals surface area (Å²) in [7, 11) is -3.61. The van der Waals surface area contributed by atoms with Crippen LogP contribution in [0.1, 0.15) is 18.5 Å². The Morgan fingerprint density at radius 1 is 1.04 bits per heavy atom. The summed E-state index contributed by atoms with van der Waals surface area (Å²) >= 11 is 0. The molecular formula is C21H24N4O2S. The number of nitrogens with one attached hydrogen (secondary N) is 1. The van der Waals surface area contributed by atoms with Crippen molar-refractivity contribution in [2.45, 2.75) is 24.3 Å². The van der Waals surface area contributed by atoms with E-state index >= 15 is 0 Å². The highest BCUT2D eigenvalue weighted by atomic mass is 32.2. The lowest BCUT2D eigenvalue weighted by atomic mass is 9.98. The van der Waals surface area contributed by atoms with Crippen molar-refractivity contribution in [3.63, 3.8) is 0 Å². The van der Waals surface area contributed by atoms with Gasteiger partial charge in [-0.3, -0.25) is 14.9 Å². The van der Waals surface area contributed by atoms with Crippen molar-refractivity contribution in [3.05, 3.63) is 66.6 Å². The Balaban J connectivity index is 1.41. The molecule has 1 aromatic carbocycles. The zero-order chi connectivity index (χ0) is 19.4. The zero-order valence-electron chi connectivity index (χ0n) is 15.7. The second-order valence-electron chi connectivity index (χ2n) is 7.25. The van der Waals surface area contributed by atoms with Crippen molar-refractivity contribution < 1.29 is 8.42 Å². The Kier molecular flexibility index (Phi) is 5.66. The number of aromatic nitrogens is 2. The minimum absolute atomic E-state index is 0.242. The lowest BCUT2D eigenvalue weighted by Crippen LogP contribution is -2.40. The van der Waals surface area contributed by atoms with Gasteiger partial charge in [0.1, 0.15) is 4.90 Å². The summed E-state index contributed by atoms with van der Waals surface area (Å²) in [6.07, 6.45) is 5.52. The van der Waals surface area contributed by atoms with E-state index in [1.165, 1.54) is 0 Å². The van der Waals surface area contributed by atoms with Crippen LogP contribution in [0.25, 0.3) is 10.9 Å². The number of nitrogens with zero attached hydrogens (tertiary/aromatic N) is 3. The minimum Gasteiger partial charge on any atom is -0.297 e. The number of piperidine rings is 1. The van der Waals surface area contributed by atoms with Gasteiger partial charge >= 0.3 is 0 Å². The standard InChI is InChI=1S/C21H24N4O2S/c26-28(27,20-10-3-7-18-8-4-12-23-21(18)20)24-14-17-6-5-13-25(15-17)16-19-9-1-2-11-22-19/h1-4,7-12,17,24H,5-6,13-16H2/t17-/m0/s1. The van der Waals surface area contributed by atoms with Crippen LogP contribution in [0.5, 0.6) is 0 Å². The summed E-state index contributed by atoms with van der Waals surface area (Å²) in [4.78, 5) is 11.3. The maximum Gasteiger partial charge on any atom is 0.242 e. The van der Waals surface area contributed by atoms with E-state index in [0.29, 0.717) is 12.1 Å². The van der Waals surface area contributed by atoms with Gasteiger partial charge in [-0.15, -0.1) is 0 Å². The molecule has 3 heterocycles. The number of hydrogen-bond donors (Lipinski definition) is 1. The summed E-state index contributed by atoms with van der Waals surface area (Å²) in [5.74, 6) is 0.287. The first-order valence-electron chi connectivity index (χ1n) is 9.57. The maximum absolute atomic E-state index is 12.9. The lowest BCUT2D eigenvalue weighted by Gasteiger charge is -2.32. The summed E-state index contributed by atoms with van der Waals surface area (Å²) in [6, 6.07) is 14.9. The second kappa shape index (κ2) is 8.34. The Morgan fingerprint density at radius 2 is 1.89 bits per heavy atom. The third-order valence-corrected chi connectivity index (χ3v) is 6.62. The molecule has 7 heteroatoms. The average molecular weight is 397 g/mol. The fourth-order valence-corrected chi connectivity index (χ4v) is 5.07. The van der Waals surface area contributed by atoms with E-state index in [1.54, 1.807) is 18.3 Å². The highest BCUT2D eigenvalue weighted by molar-refractivity contribution is 7.89. The Bertz CT molecular complexity index is 1040. The molecule has 1 aliphatic rings. The summed E-state index contributed by atoms with van der Waals surface area (Å²) in [5, 5.41) is 0.824. The molecule has 2 aromatic heterocycles. The summed E-state index contributed by atoms with van der Waals surface area (Å²) < 4.78 is 28.6. The first kappa shape index (κ1) is 19.0. The molecular weight excluding hydrogens is 372 g/mol. The predicted molar refractivity (Wildman–Crippen MR) is 109 cm³/mol. The van der Waals surface area contributed by atoms with E-state index < -0.39 is 10.0 Å². The summed E-state index contributed by atoms with van der Waals surface area (Å²) in [6.45, 7) is 3.13. The molecule has 1 N–H and O–H groups in total. The van der Waals surface area contributed by atoms with Gasteiger partial charge in [-0.2, -0.15) is 0 Å². The van der Waals surface area contributed by atoms with Crippen LogP contribution < -0.4 is 4.72 Å². The van der Waals surface area contributed by atoms with Crippen molar-refractivity contribution in [3.8, 4) is 0 Å². The smallest absolute Gasteiger partial charge is 0.242 e. The van der Waals surface area contributed by atoms with Crippen LogP contribution in [0.15, 0.2) is 65.8 Å². The second-order valence-corrected chi connectivity index (χ2v) is 8.98. The molecule has 1 atom stereocenters. The molecule has 0 spiro atoms. The maximum atomic E-state index is 12.9. The van der Waals surface area contributed by atoms with Gasteiger partial charge < -0.3 is 0 Å². The topological polar surface area (TPSA) is 75.2 Å². The van der Waals surface area contributed by atoms with E-state index in [0.717, 1.165) is 43.6 Å². The van der Waals surface area contributed by atoms with Crippen LogP contribution in [0.3, 0.4) is 0 Å². The number of hydrogen-bond acceptors (Lipinski definition) is 5. The van der Waals surface area contributed by atoms with E-state index in [-0.39, 0.29) is 10.8 Å². The van der Waals surface area contributed by atoms with Gasteiger partial charge in [0.2, 0.25) is 10.0 Å². The normalized spacial score (nSPS) is 18.4. The van der Waals surface area contributed by atoms with Gasteiger partial charge in [0.15, 0.2) is 0 Å². The van der Waals surface area contributed by atoms with Crippen LogP contribution in [0.2, 0.25) is 0 Å². The number of fused-ring (bicyclic) bond motifs is 1. The molecule has 28 heavy (non-hydrogen) atoms. The molecule has 0 saturated carbocycles. The lowest BCUT2D eigenvalue weighted by molar-refractivity contribution is 0.167. The Labute approximate surface area is 165 Å². The highest BCUT2D eigenvalue weighted by Crippen LogP contribution is 2.22. The van der Waals surface area contributed by atoms with E-state index in [1.807, 2.05) is 42.6 Å². The average Bonchev–Trinajstić information content (AvgIpc) is 2.73. The first-order valence-corrected chi connectivity index (χ1v) is 11.1. The fourth-order valence-electron chi connectivity index (χ4n) is 3.78. The minimum atomic E-state index is -3.61. The quantitative estimate of drug-likeness (QED) is 0.693. The Morgan fingerprint density at radius 3 is 2.75 bits per heavy atom. The van der Waals surface area contributed by atoms with Gasteiger partial charge in [0.05, 0.1) is 11.2 Å². The molecule has 4 rings (SSSR count). The SMILES string of the molecule is O=S(=O)(NC[C@@H]1CCCN(Cc2ccccn2)C1)c1cccc2cccnc12. The molecule has 0 radical (unpaired) electrons. The number of rotatable bonds is 6. The van der Waals surface area contributed by atoms with Gasteiger partial charge in [-0.1, -0.05) is 24.3 Å². The molecule has 1 saturated heterocycles. The third-order valence-electron chi connectivity index (χ3n) is 5.16. The van der Waals surface area contributed by atoms with Crippen LogP contribution in [0, 0.1) is 5.92 Å². The Hall–Kier alpha value is -2.35. The summed E-state index contributed by atoms with van der Waals surface area (Å²) in [5.41, 5.74) is 1.56. The van der Waals surface area contributed by atoms with Gasteiger partial charge in [-0.25, -0.2) is 13.1 Å². The molecule has 1 fully saturated rings. The van der Waals surface area contributed by atoms with Crippen molar-refractivity contribution in [2.75, 3.05) is 19.6 Å². The molecule has 3 aromatic rings. The first-order chi connectivity index (χ1) is 13.6. The fraction of sp³-hybridized carbons (Fsp3) is 0.333. The van der Waals surface area contributed by atoms with Crippen molar-refractivity contribution >= 4 is 20.9 Å². The monoisotopic (exact) mass is 396 g/mol. The van der Waals surface area contributed by atoms with Crippen molar-refractivity contribution in [2.24, 2.45) is 5.92 Å². The molecule has 0 amide bonds. The van der Waals surface area contributed by atoms with E-state index in [9.17, 15) is 8.42 Å². The van der Waals surface area contributed by atoms with Crippen molar-refractivity contribution in [1.29, 1.82) is 0 Å². The van der Waals surface area contributed by atoms with Crippen LogP contribution >= 0.6 is 0 Å². The van der Waals surface area contributed by atoms with Crippen LogP contribution in [-0.4, -0.2) is 42.9 Å². The third kappa shape index (κ3) is 4.38. The number of benzene rings is 1. The molecule has 146 valence electrons. The molecule has 0 bridgehead atoms. The van der Waals surface area contributed by atoms with Gasteiger partial charge in [0, 0.05) is 37.4 Å². The molecule has 0 aliphatic carbocycles. The van der Waals surface area contributed by atoms with Crippen molar-refractivity contribution in [1.82, 2.24) is 19.6 Å². The van der Waals surface area contributed by atoms with Crippen LogP contribution in [0.4, 0.5) is 0 Å². The van der Waals surface area contributed by atoms with E-state index in [4.69, 9.17) is 0 Å². The van der Waals surface area contributed by atoms with Gasteiger partial charge in [0.25, 0.3) is 0 Å². The largest absolute Gasteiger partial charge is 0.297 e.